The maximum Gasteiger partial charge on any atom is 0.341 e. The topological polar surface area (TPSA) is 55.0 Å². The molecule has 0 atom stereocenters. The summed E-state index contributed by atoms with van der Waals surface area (Å²) in [6, 6.07) is 3.28. The number of aromatic nitrogens is 2. The lowest BCUT2D eigenvalue weighted by Gasteiger charge is -2.15. The zero-order valence-electron chi connectivity index (χ0n) is 9.64. The summed E-state index contributed by atoms with van der Waals surface area (Å²) in [5.41, 5.74) is 1.29. The number of imidazole rings is 1. The number of H-pyrrole nitrogens is 1. The van der Waals surface area contributed by atoms with Crippen LogP contribution in [-0.4, -0.2) is 22.5 Å². The van der Waals surface area contributed by atoms with Gasteiger partial charge in [0.1, 0.15) is 5.82 Å². The molecule has 102 valence electrons. The number of ether oxygens (including phenoxy) is 1. The fourth-order valence-electron chi connectivity index (χ4n) is 1.47. The van der Waals surface area contributed by atoms with E-state index in [0.29, 0.717) is 26.9 Å². The number of esters is 1. The van der Waals surface area contributed by atoms with Crippen molar-refractivity contribution in [2.24, 2.45) is 0 Å². The van der Waals surface area contributed by atoms with E-state index in [2.05, 4.69) is 41.8 Å². The van der Waals surface area contributed by atoms with Gasteiger partial charge in [-0.1, -0.05) is 55.1 Å². The number of alkyl halides is 2. The molecule has 8 heteroatoms. The highest BCUT2D eigenvalue weighted by atomic mass is 79.9. The Kier molecular flexibility index (Phi) is 4.45. The Labute approximate surface area is 136 Å². The molecule has 0 saturated heterocycles. The molecule has 0 amide bonds. The summed E-state index contributed by atoms with van der Waals surface area (Å²) in [5, 5.41) is 0.813. The van der Waals surface area contributed by atoms with E-state index >= 15 is 0 Å². The molecule has 0 aliphatic rings. The number of carbonyl (C=O) groups is 1. The van der Waals surface area contributed by atoms with Crippen LogP contribution in [0.15, 0.2) is 12.1 Å². The largest absolute Gasteiger partial charge is 0.464 e. The maximum atomic E-state index is 11.8. The summed E-state index contributed by atoms with van der Waals surface area (Å²) >= 11 is 18.4. The summed E-state index contributed by atoms with van der Waals surface area (Å²) in [5.74, 6) is -0.134. The minimum atomic E-state index is -1.23. The molecule has 0 fully saturated rings. The number of nitrogens with zero attached hydrogens (tertiary/aromatic N) is 1. The third kappa shape index (κ3) is 2.91. The van der Waals surface area contributed by atoms with Crippen LogP contribution >= 0.6 is 55.1 Å². The van der Waals surface area contributed by atoms with E-state index in [4.69, 9.17) is 27.9 Å². The van der Waals surface area contributed by atoms with Crippen LogP contribution in [0.25, 0.3) is 11.0 Å². The van der Waals surface area contributed by atoms with Crippen LogP contribution in [0, 0.1) is 0 Å². The summed E-state index contributed by atoms with van der Waals surface area (Å²) in [7, 11) is 0. The lowest BCUT2D eigenvalue weighted by molar-refractivity contribution is -0.143. The molecule has 0 unspecified atom stereocenters. The predicted octanol–water partition coefficient (Wildman–Crippen LogP) is 4.38. The van der Waals surface area contributed by atoms with Crippen molar-refractivity contribution in [3.05, 3.63) is 28.0 Å². The molecule has 1 N–H and O–H groups in total. The van der Waals surface area contributed by atoms with Crippen LogP contribution < -0.4 is 0 Å². The second kappa shape index (κ2) is 5.60. The van der Waals surface area contributed by atoms with Gasteiger partial charge in [-0.3, -0.25) is 0 Å². The molecular formula is C11H8Br2Cl2N2O2. The molecule has 0 radical (unpaired) electrons. The van der Waals surface area contributed by atoms with E-state index in [-0.39, 0.29) is 6.61 Å². The first-order valence-electron chi connectivity index (χ1n) is 5.26. The fraction of sp³-hybridized carbons (Fsp3) is 0.273. The highest BCUT2D eigenvalue weighted by Gasteiger charge is 2.39. The maximum absolute atomic E-state index is 11.8. The Morgan fingerprint density at radius 3 is 2.68 bits per heavy atom. The summed E-state index contributed by atoms with van der Waals surface area (Å²) in [6.07, 6.45) is 0. The van der Waals surface area contributed by atoms with Crippen molar-refractivity contribution < 1.29 is 9.53 Å². The lowest BCUT2D eigenvalue weighted by Crippen LogP contribution is -2.26. The van der Waals surface area contributed by atoms with Crippen LogP contribution in [0.5, 0.6) is 0 Å². The number of hydrogen-bond acceptors (Lipinski definition) is 3. The van der Waals surface area contributed by atoms with Gasteiger partial charge in [0.2, 0.25) is 3.23 Å². The summed E-state index contributed by atoms with van der Waals surface area (Å²) in [6.45, 7) is 2.00. The number of rotatable bonds is 3. The van der Waals surface area contributed by atoms with E-state index in [1.165, 1.54) is 0 Å². The van der Waals surface area contributed by atoms with E-state index < -0.39 is 9.20 Å². The standard InChI is InChI=1S/C11H8Br2Cl2N2O2/c1-2-19-10(18)11(12,13)9-16-7-3-5(14)6(15)4-8(7)17-9/h3-4H,2H2,1H3,(H,16,17). The van der Waals surface area contributed by atoms with Gasteiger partial charge in [0.25, 0.3) is 0 Å². The molecule has 2 rings (SSSR count). The SMILES string of the molecule is CCOC(=O)C(Br)(Br)c1nc2cc(Cl)c(Cl)cc2[nH]1. The van der Waals surface area contributed by atoms with Gasteiger partial charge in [0.15, 0.2) is 0 Å². The number of nitrogens with one attached hydrogen (secondary N) is 1. The molecule has 19 heavy (non-hydrogen) atoms. The Bertz CT molecular complexity index is 604. The van der Waals surface area contributed by atoms with Crippen molar-refractivity contribution in [1.82, 2.24) is 9.97 Å². The van der Waals surface area contributed by atoms with Crippen LogP contribution in [0.1, 0.15) is 12.7 Å². The van der Waals surface area contributed by atoms with Gasteiger partial charge >= 0.3 is 5.97 Å². The number of benzene rings is 1. The monoisotopic (exact) mass is 428 g/mol. The smallest absolute Gasteiger partial charge is 0.341 e. The zero-order chi connectivity index (χ0) is 14.2. The van der Waals surface area contributed by atoms with E-state index in [1.807, 2.05) is 0 Å². The first-order valence-corrected chi connectivity index (χ1v) is 7.60. The molecule has 0 aliphatic carbocycles. The van der Waals surface area contributed by atoms with Crippen molar-refractivity contribution >= 4 is 72.1 Å². The number of fused-ring (bicyclic) bond motifs is 1. The van der Waals surface area contributed by atoms with Crippen LogP contribution in [0.4, 0.5) is 0 Å². The molecule has 2 aromatic rings. The lowest BCUT2D eigenvalue weighted by atomic mass is 10.3. The summed E-state index contributed by atoms with van der Waals surface area (Å²) in [4.78, 5) is 19.1. The van der Waals surface area contributed by atoms with Gasteiger partial charge in [-0.2, -0.15) is 0 Å². The normalized spacial score (nSPS) is 11.8. The van der Waals surface area contributed by atoms with E-state index in [9.17, 15) is 4.79 Å². The average molecular weight is 431 g/mol. The molecule has 0 saturated carbocycles. The third-order valence-corrected chi connectivity index (χ3v) is 4.47. The Morgan fingerprint density at radius 1 is 1.42 bits per heavy atom. The number of carbonyl (C=O) groups excluding carboxylic acids is 1. The molecule has 0 bridgehead atoms. The molecule has 1 aromatic carbocycles. The Morgan fingerprint density at radius 2 is 2.05 bits per heavy atom. The van der Waals surface area contributed by atoms with Gasteiger partial charge in [0.05, 0.1) is 27.7 Å². The molecule has 0 spiro atoms. The van der Waals surface area contributed by atoms with E-state index in [1.54, 1.807) is 19.1 Å². The highest BCUT2D eigenvalue weighted by Crippen LogP contribution is 2.39. The van der Waals surface area contributed by atoms with Crippen LogP contribution in [-0.2, 0) is 12.8 Å². The average Bonchev–Trinajstić information content (AvgIpc) is 2.73. The van der Waals surface area contributed by atoms with Gasteiger partial charge in [-0.15, -0.1) is 0 Å². The first-order chi connectivity index (χ1) is 8.86. The highest BCUT2D eigenvalue weighted by molar-refractivity contribution is 9.25. The second-order valence-corrected chi connectivity index (χ2v) is 7.92. The van der Waals surface area contributed by atoms with Crippen LogP contribution in [0.2, 0.25) is 10.0 Å². The molecule has 1 heterocycles. The minimum absolute atomic E-state index is 0.273. The van der Waals surface area contributed by atoms with Gasteiger partial charge in [-0.05, 0) is 19.1 Å². The van der Waals surface area contributed by atoms with Crippen molar-refractivity contribution in [1.29, 1.82) is 0 Å². The number of aromatic amines is 1. The van der Waals surface area contributed by atoms with Crippen molar-refractivity contribution in [3.63, 3.8) is 0 Å². The summed E-state index contributed by atoms with van der Waals surface area (Å²) < 4.78 is 3.73. The quantitative estimate of drug-likeness (QED) is 0.581. The minimum Gasteiger partial charge on any atom is -0.464 e. The zero-order valence-corrected chi connectivity index (χ0v) is 14.3. The first kappa shape index (κ1) is 15.1. The predicted molar refractivity (Wildman–Crippen MR) is 82.3 cm³/mol. The molecule has 4 nitrogen and oxygen atoms in total. The number of halogens is 4. The van der Waals surface area contributed by atoms with Gasteiger partial charge < -0.3 is 9.72 Å². The molecule has 1 aromatic heterocycles. The van der Waals surface area contributed by atoms with E-state index in [0.717, 1.165) is 0 Å². The Hall–Kier alpha value is -0.300. The molecule has 0 aliphatic heterocycles. The van der Waals surface area contributed by atoms with Crippen LogP contribution in [0.3, 0.4) is 0 Å². The van der Waals surface area contributed by atoms with Gasteiger partial charge in [0, 0.05) is 0 Å². The van der Waals surface area contributed by atoms with Gasteiger partial charge in [-0.25, -0.2) is 9.78 Å². The fourth-order valence-corrected chi connectivity index (χ4v) is 2.40. The van der Waals surface area contributed by atoms with Crippen molar-refractivity contribution in [3.8, 4) is 0 Å². The number of hydrogen-bond donors (Lipinski definition) is 1. The Balaban J connectivity index is 2.48. The second-order valence-electron chi connectivity index (χ2n) is 3.66. The molecular weight excluding hydrogens is 423 g/mol. The van der Waals surface area contributed by atoms with Crippen molar-refractivity contribution in [2.75, 3.05) is 6.61 Å². The third-order valence-electron chi connectivity index (χ3n) is 2.35. The van der Waals surface area contributed by atoms with Crippen molar-refractivity contribution in [2.45, 2.75) is 10.2 Å².